The largest absolute Gasteiger partial charge is 0.466 e. The number of ether oxygens (including phenoxy) is 1. The normalized spacial score (nSPS) is 11.2. The second-order valence-corrected chi connectivity index (χ2v) is 12.4. The summed E-state index contributed by atoms with van der Waals surface area (Å²) in [5, 5.41) is 0. The molecule has 4 nitrogen and oxygen atoms in total. The summed E-state index contributed by atoms with van der Waals surface area (Å²) in [4.78, 5) is 22.2. The SMILES string of the molecule is CCCCOC(=O)CCCCCCCCCCCCCCCCCCCCCCCCCCCCCCC(N)=O. The molecule has 0 radical (unpaired) electrons. The highest BCUT2D eigenvalue weighted by molar-refractivity contribution is 5.73. The summed E-state index contributed by atoms with van der Waals surface area (Å²) < 4.78 is 5.20. The van der Waals surface area contributed by atoms with E-state index in [0.717, 1.165) is 32.1 Å². The average molecular weight is 566 g/mol. The van der Waals surface area contributed by atoms with Crippen molar-refractivity contribution in [2.75, 3.05) is 6.61 Å². The van der Waals surface area contributed by atoms with Gasteiger partial charge in [-0.3, -0.25) is 9.59 Å². The lowest BCUT2D eigenvalue weighted by Crippen LogP contribution is -2.09. The second kappa shape index (κ2) is 34.1. The molecule has 0 aliphatic heterocycles. The Hall–Kier alpha value is -1.06. The van der Waals surface area contributed by atoms with Crippen LogP contribution >= 0.6 is 0 Å². The van der Waals surface area contributed by atoms with Crippen LogP contribution in [0.25, 0.3) is 0 Å². The van der Waals surface area contributed by atoms with Crippen molar-refractivity contribution >= 4 is 11.9 Å². The molecule has 2 N–H and O–H groups in total. The van der Waals surface area contributed by atoms with Gasteiger partial charge in [0.2, 0.25) is 5.91 Å². The quantitative estimate of drug-likeness (QED) is 0.0623. The van der Waals surface area contributed by atoms with Gasteiger partial charge in [-0.15, -0.1) is 0 Å². The van der Waals surface area contributed by atoms with Crippen molar-refractivity contribution in [3.05, 3.63) is 0 Å². The van der Waals surface area contributed by atoms with Gasteiger partial charge in [0.15, 0.2) is 0 Å². The molecule has 0 rings (SSSR count). The van der Waals surface area contributed by atoms with E-state index in [4.69, 9.17) is 10.5 Å². The Bertz CT molecular complexity index is 522. The number of carbonyl (C=O) groups is 2. The van der Waals surface area contributed by atoms with E-state index < -0.39 is 0 Å². The Morgan fingerprint density at radius 3 is 0.900 bits per heavy atom. The van der Waals surface area contributed by atoms with Gasteiger partial charge in [-0.05, 0) is 19.3 Å². The Kier molecular flexibility index (Phi) is 33.2. The first kappa shape index (κ1) is 38.9. The van der Waals surface area contributed by atoms with E-state index in [9.17, 15) is 9.59 Å². The summed E-state index contributed by atoms with van der Waals surface area (Å²) in [6.45, 7) is 2.72. The molecule has 0 fully saturated rings. The van der Waals surface area contributed by atoms with E-state index in [1.807, 2.05) is 0 Å². The van der Waals surface area contributed by atoms with E-state index in [1.165, 1.54) is 161 Å². The highest BCUT2D eigenvalue weighted by atomic mass is 16.5. The van der Waals surface area contributed by atoms with Crippen LogP contribution in [0.15, 0.2) is 0 Å². The molecule has 0 saturated heterocycles. The minimum absolute atomic E-state index is 0.00350. The highest BCUT2D eigenvalue weighted by Crippen LogP contribution is 2.16. The predicted octanol–water partition coefficient (Wildman–Crippen LogP) is 11.5. The fourth-order valence-corrected chi connectivity index (χ4v) is 5.57. The number of esters is 1. The topological polar surface area (TPSA) is 69.4 Å². The molecule has 238 valence electrons. The van der Waals surface area contributed by atoms with Gasteiger partial charge >= 0.3 is 5.97 Å². The third kappa shape index (κ3) is 35.0. The average Bonchev–Trinajstić information content (AvgIpc) is 2.94. The molecule has 0 aliphatic rings. The zero-order valence-corrected chi connectivity index (χ0v) is 27.1. The van der Waals surface area contributed by atoms with Crippen LogP contribution in [0.4, 0.5) is 0 Å². The maximum absolute atomic E-state index is 11.6. The summed E-state index contributed by atoms with van der Waals surface area (Å²) in [6, 6.07) is 0. The lowest BCUT2D eigenvalue weighted by atomic mass is 10.0. The first-order valence-corrected chi connectivity index (χ1v) is 18.1. The van der Waals surface area contributed by atoms with Crippen LogP contribution in [0.1, 0.15) is 212 Å². The number of amides is 1. The third-order valence-corrected chi connectivity index (χ3v) is 8.32. The molecule has 4 heteroatoms. The molecule has 0 aromatic carbocycles. The Morgan fingerprint density at radius 2 is 0.650 bits per heavy atom. The van der Waals surface area contributed by atoms with Crippen molar-refractivity contribution < 1.29 is 14.3 Å². The molecule has 0 atom stereocenters. The number of primary amides is 1. The van der Waals surface area contributed by atoms with Crippen LogP contribution in [0.2, 0.25) is 0 Å². The zero-order valence-electron chi connectivity index (χ0n) is 27.1. The number of unbranched alkanes of at least 4 members (excludes halogenated alkanes) is 28. The van der Waals surface area contributed by atoms with Crippen LogP contribution in [-0.4, -0.2) is 18.5 Å². The maximum atomic E-state index is 11.6. The minimum Gasteiger partial charge on any atom is -0.466 e. The van der Waals surface area contributed by atoms with Crippen LogP contribution in [0, 0.1) is 0 Å². The van der Waals surface area contributed by atoms with Crippen molar-refractivity contribution in [1.29, 1.82) is 0 Å². The second-order valence-electron chi connectivity index (χ2n) is 12.4. The summed E-state index contributed by atoms with van der Waals surface area (Å²) in [5.74, 6) is -0.158. The Labute approximate surface area is 250 Å². The van der Waals surface area contributed by atoms with Crippen molar-refractivity contribution in [1.82, 2.24) is 0 Å². The summed E-state index contributed by atoms with van der Waals surface area (Å²) in [6.07, 6.45) is 41.2. The van der Waals surface area contributed by atoms with Gasteiger partial charge in [0.05, 0.1) is 6.61 Å². The number of nitrogens with two attached hydrogens (primary N) is 1. The lowest BCUT2D eigenvalue weighted by molar-refractivity contribution is -0.143. The lowest BCUT2D eigenvalue weighted by Gasteiger charge is -2.05. The van der Waals surface area contributed by atoms with Gasteiger partial charge in [-0.2, -0.15) is 0 Å². The van der Waals surface area contributed by atoms with Gasteiger partial charge in [0.1, 0.15) is 0 Å². The molecule has 0 aromatic rings. The molecule has 0 bridgehead atoms. The maximum Gasteiger partial charge on any atom is 0.305 e. The van der Waals surface area contributed by atoms with Crippen molar-refractivity contribution in [3.8, 4) is 0 Å². The van der Waals surface area contributed by atoms with Gasteiger partial charge < -0.3 is 10.5 Å². The first-order valence-electron chi connectivity index (χ1n) is 18.1. The Balaban J connectivity index is 3.07. The van der Waals surface area contributed by atoms with E-state index in [2.05, 4.69) is 6.92 Å². The van der Waals surface area contributed by atoms with Gasteiger partial charge in [0.25, 0.3) is 0 Å². The number of hydrogen-bond donors (Lipinski definition) is 1. The number of carbonyl (C=O) groups excluding carboxylic acids is 2. The molecule has 0 heterocycles. The van der Waals surface area contributed by atoms with Crippen LogP contribution < -0.4 is 5.73 Å². The molecule has 0 aliphatic carbocycles. The van der Waals surface area contributed by atoms with Crippen molar-refractivity contribution in [3.63, 3.8) is 0 Å². The molecular weight excluding hydrogens is 494 g/mol. The monoisotopic (exact) mass is 566 g/mol. The first-order chi connectivity index (χ1) is 19.7. The molecule has 40 heavy (non-hydrogen) atoms. The Morgan fingerprint density at radius 1 is 0.400 bits per heavy atom. The van der Waals surface area contributed by atoms with E-state index in [0.29, 0.717) is 19.4 Å². The molecule has 0 spiro atoms. The molecule has 0 aromatic heterocycles. The number of hydrogen-bond acceptors (Lipinski definition) is 3. The van der Waals surface area contributed by atoms with E-state index in [-0.39, 0.29) is 11.9 Å². The van der Waals surface area contributed by atoms with Crippen molar-refractivity contribution in [2.24, 2.45) is 5.73 Å². The summed E-state index contributed by atoms with van der Waals surface area (Å²) in [5.41, 5.74) is 5.17. The highest BCUT2D eigenvalue weighted by Gasteiger charge is 2.02. The molecular formula is C36H71NO3. The van der Waals surface area contributed by atoms with Gasteiger partial charge in [-0.25, -0.2) is 0 Å². The summed E-state index contributed by atoms with van der Waals surface area (Å²) in [7, 11) is 0. The van der Waals surface area contributed by atoms with Gasteiger partial charge in [0, 0.05) is 12.8 Å². The molecule has 0 saturated carbocycles. The smallest absolute Gasteiger partial charge is 0.305 e. The van der Waals surface area contributed by atoms with E-state index >= 15 is 0 Å². The fourth-order valence-electron chi connectivity index (χ4n) is 5.57. The van der Waals surface area contributed by atoms with E-state index in [1.54, 1.807) is 0 Å². The molecule has 0 unspecified atom stereocenters. The summed E-state index contributed by atoms with van der Waals surface area (Å²) >= 11 is 0. The predicted molar refractivity (Wildman–Crippen MR) is 174 cm³/mol. The van der Waals surface area contributed by atoms with Crippen LogP contribution in [0.3, 0.4) is 0 Å². The minimum atomic E-state index is -0.154. The van der Waals surface area contributed by atoms with Crippen LogP contribution in [0.5, 0.6) is 0 Å². The van der Waals surface area contributed by atoms with Crippen molar-refractivity contribution in [2.45, 2.75) is 212 Å². The third-order valence-electron chi connectivity index (χ3n) is 8.32. The van der Waals surface area contributed by atoms with Gasteiger partial charge in [-0.1, -0.05) is 180 Å². The standard InChI is InChI=1S/C36H71NO3/c1-2-3-34-40-36(39)33-31-29-27-25-23-21-19-17-15-13-11-9-7-5-4-6-8-10-12-14-16-18-20-22-24-26-28-30-32-35(37)38/h2-34H2,1H3,(H2,37,38). The number of rotatable bonds is 34. The van der Waals surface area contributed by atoms with Crippen LogP contribution in [-0.2, 0) is 14.3 Å². The zero-order chi connectivity index (χ0) is 29.2. The molecule has 1 amide bonds. The fraction of sp³-hybridized carbons (Fsp3) is 0.944.